The second-order valence-corrected chi connectivity index (χ2v) is 6.83. The molecule has 2 rings (SSSR count). The van der Waals surface area contributed by atoms with Crippen LogP contribution in [0.4, 0.5) is 5.82 Å². The summed E-state index contributed by atoms with van der Waals surface area (Å²) in [6, 6.07) is 3.18. The van der Waals surface area contributed by atoms with Crippen LogP contribution in [0.5, 0.6) is 0 Å². The first-order valence-corrected chi connectivity index (χ1v) is 7.90. The molecule has 0 aromatic carbocycles. The first-order chi connectivity index (χ1) is 9.05. The lowest BCUT2D eigenvalue weighted by Gasteiger charge is -2.30. The van der Waals surface area contributed by atoms with E-state index in [0.717, 1.165) is 25.7 Å². The zero-order valence-corrected chi connectivity index (χ0v) is 11.9. The number of nitrogens with one attached hydrogen (secondary N) is 1. The Bertz CT molecular complexity index is 509. The molecule has 0 amide bonds. The smallest absolute Gasteiger partial charge is 0.244 e. The molecule has 106 valence electrons. The highest BCUT2D eigenvalue weighted by Gasteiger charge is 2.29. The summed E-state index contributed by atoms with van der Waals surface area (Å²) in [5.74, 6) is 5.66. The van der Waals surface area contributed by atoms with Crippen molar-refractivity contribution in [1.82, 2.24) is 9.29 Å². The van der Waals surface area contributed by atoms with Gasteiger partial charge in [0.1, 0.15) is 10.7 Å². The average molecular weight is 284 g/mol. The number of nitrogen functional groups attached to an aromatic ring is 1. The number of hydrogen-bond acceptors (Lipinski definition) is 5. The van der Waals surface area contributed by atoms with E-state index in [0.29, 0.717) is 5.82 Å². The van der Waals surface area contributed by atoms with E-state index in [9.17, 15) is 8.42 Å². The molecule has 19 heavy (non-hydrogen) atoms. The van der Waals surface area contributed by atoms with E-state index in [2.05, 4.69) is 10.4 Å². The van der Waals surface area contributed by atoms with Crippen LogP contribution in [-0.4, -0.2) is 30.8 Å². The fourth-order valence-corrected chi connectivity index (χ4v) is 3.79. The molecular weight excluding hydrogens is 264 g/mol. The molecule has 0 radical (unpaired) electrons. The molecule has 0 saturated heterocycles. The molecule has 6 nitrogen and oxygen atoms in total. The first kappa shape index (κ1) is 14.2. The summed E-state index contributed by atoms with van der Waals surface area (Å²) in [6.07, 6.45) is 6.60. The highest BCUT2D eigenvalue weighted by atomic mass is 32.2. The molecule has 1 heterocycles. The maximum atomic E-state index is 12.5. The van der Waals surface area contributed by atoms with E-state index >= 15 is 0 Å². The number of nitrogens with two attached hydrogens (primary N) is 1. The summed E-state index contributed by atoms with van der Waals surface area (Å²) in [6.45, 7) is 0. The molecule has 1 fully saturated rings. The predicted molar refractivity (Wildman–Crippen MR) is 73.9 cm³/mol. The fraction of sp³-hybridized carbons (Fsp3) is 0.583. The van der Waals surface area contributed by atoms with Crippen molar-refractivity contribution in [3.05, 3.63) is 18.3 Å². The lowest BCUT2D eigenvalue weighted by atomic mass is 9.96. The predicted octanol–water partition coefficient (Wildman–Crippen LogP) is 1.32. The lowest BCUT2D eigenvalue weighted by Crippen LogP contribution is -2.38. The molecule has 0 spiro atoms. The zero-order valence-electron chi connectivity index (χ0n) is 11.0. The minimum atomic E-state index is -3.46. The lowest BCUT2D eigenvalue weighted by molar-refractivity contribution is 0.286. The Morgan fingerprint density at radius 2 is 2.00 bits per heavy atom. The van der Waals surface area contributed by atoms with Crippen molar-refractivity contribution in [3.8, 4) is 0 Å². The van der Waals surface area contributed by atoms with Crippen LogP contribution in [0.15, 0.2) is 23.2 Å². The Labute approximate surface area is 114 Å². The van der Waals surface area contributed by atoms with Crippen LogP contribution in [0.25, 0.3) is 0 Å². The van der Waals surface area contributed by atoms with Gasteiger partial charge in [0.05, 0.1) is 0 Å². The van der Waals surface area contributed by atoms with Crippen molar-refractivity contribution in [3.63, 3.8) is 0 Å². The van der Waals surface area contributed by atoms with Gasteiger partial charge in [-0.25, -0.2) is 19.2 Å². The highest BCUT2D eigenvalue weighted by molar-refractivity contribution is 7.89. The Hall–Kier alpha value is -1.18. The van der Waals surface area contributed by atoms with Gasteiger partial charge in [-0.15, -0.1) is 0 Å². The van der Waals surface area contributed by atoms with Gasteiger partial charge in [0.25, 0.3) is 0 Å². The van der Waals surface area contributed by atoms with Crippen LogP contribution < -0.4 is 11.3 Å². The highest BCUT2D eigenvalue weighted by Crippen LogP contribution is 2.26. The maximum Gasteiger partial charge on any atom is 0.244 e. The van der Waals surface area contributed by atoms with Gasteiger partial charge in [0.15, 0.2) is 0 Å². The van der Waals surface area contributed by atoms with Gasteiger partial charge < -0.3 is 5.43 Å². The second kappa shape index (κ2) is 5.85. The molecule has 1 saturated carbocycles. The van der Waals surface area contributed by atoms with Crippen LogP contribution in [0, 0.1) is 0 Å². The van der Waals surface area contributed by atoms with E-state index in [1.54, 1.807) is 13.1 Å². The van der Waals surface area contributed by atoms with Gasteiger partial charge in [-0.2, -0.15) is 4.31 Å². The SMILES string of the molecule is CN(C1CCCCC1)S(=O)(=O)c1ccc(NN)nc1. The Morgan fingerprint density at radius 3 is 2.53 bits per heavy atom. The molecule has 1 aliphatic rings. The van der Waals surface area contributed by atoms with Gasteiger partial charge in [-0.1, -0.05) is 19.3 Å². The summed E-state index contributed by atoms with van der Waals surface area (Å²) >= 11 is 0. The Kier molecular flexibility index (Phi) is 4.38. The molecule has 0 atom stereocenters. The first-order valence-electron chi connectivity index (χ1n) is 6.46. The third-order valence-electron chi connectivity index (χ3n) is 3.65. The summed E-state index contributed by atoms with van der Waals surface area (Å²) in [5, 5.41) is 0. The minimum Gasteiger partial charge on any atom is -0.308 e. The molecule has 0 aliphatic heterocycles. The largest absolute Gasteiger partial charge is 0.308 e. The quantitative estimate of drug-likeness (QED) is 0.643. The van der Waals surface area contributed by atoms with Crippen LogP contribution in [0.1, 0.15) is 32.1 Å². The third-order valence-corrected chi connectivity index (χ3v) is 5.54. The number of sulfonamides is 1. The summed E-state index contributed by atoms with van der Waals surface area (Å²) in [7, 11) is -1.81. The average Bonchev–Trinajstić information content (AvgIpc) is 2.47. The van der Waals surface area contributed by atoms with Crippen molar-refractivity contribution in [1.29, 1.82) is 0 Å². The van der Waals surface area contributed by atoms with Crippen LogP contribution in [0.3, 0.4) is 0 Å². The number of aromatic nitrogens is 1. The molecule has 1 aromatic heterocycles. The minimum absolute atomic E-state index is 0.103. The van der Waals surface area contributed by atoms with Gasteiger partial charge in [-0.3, -0.25) is 0 Å². The summed E-state index contributed by atoms with van der Waals surface area (Å²) in [4.78, 5) is 4.16. The molecule has 0 bridgehead atoms. The monoisotopic (exact) mass is 284 g/mol. The van der Waals surface area contributed by atoms with Gasteiger partial charge in [0, 0.05) is 19.3 Å². The standard InChI is InChI=1S/C12H20N4O2S/c1-16(10-5-3-2-4-6-10)19(17,18)11-7-8-12(15-13)14-9-11/h7-10H,2-6,13H2,1H3,(H,14,15). The number of nitrogens with zero attached hydrogens (tertiary/aromatic N) is 2. The number of anilines is 1. The van der Waals surface area contributed by atoms with Crippen LogP contribution in [-0.2, 0) is 10.0 Å². The molecule has 1 aromatic rings. The van der Waals surface area contributed by atoms with E-state index in [4.69, 9.17) is 5.84 Å². The van der Waals surface area contributed by atoms with E-state index in [1.165, 1.54) is 23.0 Å². The Balaban J connectivity index is 2.19. The number of hydrogen-bond donors (Lipinski definition) is 2. The van der Waals surface area contributed by atoms with Crippen LogP contribution >= 0.6 is 0 Å². The summed E-state index contributed by atoms with van der Waals surface area (Å²) in [5.41, 5.74) is 2.38. The second-order valence-electron chi connectivity index (χ2n) is 4.84. The molecule has 0 unspecified atom stereocenters. The third kappa shape index (κ3) is 3.05. The van der Waals surface area contributed by atoms with Crippen molar-refractivity contribution < 1.29 is 8.42 Å². The van der Waals surface area contributed by atoms with Crippen molar-refractivity contribution in [2.75, 3.05) is 12.5 Å². The summed E-state index contributed by atoms with van der Waals surface area (Å²) < 4.78 is 26.4. The normalized spacial score (nSPS) is 17.6. The van der Waals surface area contributed by atoms with E-state index in [1.807, 2.05) is 0 Å². The van der Waals surface area contributed by atoms with Crippen molar-refractivity contribution >= 4 is 15.8 Å². The number of hydrazine groups is 1. The van der Waals surface area contributed by atoms with Crippen molar-refractivity contribution in [2.24, 2.45) is 5.84 Å². The zero-order chi connectivity index (χ0) is 13.9. The fourth-order valence-electron chi connectivity index (χ4n) is 2.43. The number of rotatable bonds is 4. The van der Waals surface area contributed by atoms with E-state index < -0.39 is 10.0 Å². The number of pyridine rings is 1. The molecular formula is C12H20N4O2S. The van der Waals surface area contributed by atoms with Crippen LogP contribution in [0.2, 0.25) is 0 Å². The Morgan fingerprint density at radius 1 is 1.32 bits per heavy atom. The molecule has 3 N–H and O–H groups in total. The molecule has 1 aliphatic carbocycles. The molecule has 7 heteroatoms. The van der Waals surface area contributed by atoms with Gasteiger partial charge in [0.2, 0.25) is 10.0 Å². The van der Waals surface area contributed by atoms with E-state index in [-0.39, 0.29) is 10.9 Å². The van der Waals surface area contributed by atoms with Crippen molar-refractivity contribution in [2.45, 2.75) is 43.0 Å². The van der Waals surface area contributed by atoms with Gasteiger partial charge >= 0.3 is 0 Å². The maximum absolute atomic E-state index is 12.5. The van der Waals surface area contributed by atoms with Gasteiger partial charge in [-0.05, 0) is 25.0 Å². The topological polar surface area (TPSA) is 88.3 Å².